The molecule has 0 radical (unpaired) electrons. The number of benzene rings is 2. The molecule has 1 aromatic heterocycles. The lowest BCUT2D eigenvalue weighted by atomic mass is 10.0. The Balaban J connectivity index is 1.39. The first kappa shape index (κ1) is 20.3. The highest BCUT2D eigenvalue weighted by Gasteiger charge is 2.54. The number of thioether (sulfide) groups is 1. The van der Waals surface area contributed by atoms with Crippen LogP contribution in [0.5, 0.6) is 0 Å². The van der Waals surface area contributed by atoms with E-state index >= 15 is 0 Å². The van der Waals surface area contributed by atoms with Crippen LogP contribution < -0.4 is 5.32 Å². The van der Waals surface area contributed by atoms with Crippen LogP contribution in [0.1, 0.15) is 10.6 Å². The van der Waals surface area contributed by atoms with Crippen LogP contribution in [0.2, 0.25) is 0 Å². The molecule has 0 bridgehead atoms. The summed E-state index contributed by atoms with van der Waals surface area (Å²) in [6, 6.07) is 16.5. The Hall–Kier alpha value is -2.62. The molecule has 1 N–H and O–H groups in total. The van der Waals surface area contributed by atoms with Gasteiger partial charge in [0.2, 0.25) is 11.0 Å². The Kier molecular flexibility index (Phi) is 5.33. The Labute approximate surface area is 192 Å². The summed E-state index contributed by atoms with van der Waals surface area (Å²) in [5, 5.41) is 2.75. The molecule has 6 nitrogen and oxygen atoms in total. The normalized spacial score (nSPS) is 20.4. The maximum absolute atomic E-state index is 12.9. The highest BCUT2D eigenvalue weighted by atomic mass is 32.2. The van der Waals surface area contributed by atoms with Crippen LogP contribution in [-0.2, 0) is 20.8 Å². The van der Waals surface area contributed by atoms with Crippen LogP contribution in [0, 0.1) is 0 Å². The number of amides is 2. The first-order valence-corrected chi connectivity index (χ1v) is 11.9. The van der Waals surface area contributed by atoms with E-state index in [9.17, 15) is 14.4 Å². The Bertz CT molecular complexity index is 1210. The Morgan fingerprint density at radius 1 is 1.13 bits per heavy atom. The zero-order valence-corrected chi connectivity index (χ0v) is 18.7. The van der Waals surface area contributed by atoms with Crippen molar-refractivity contribution in [1.29, 1.82) is 0 Å². The summed E-state index contributed by atoms with van der Waals surface area (Å²) in [5.41, 5.74) is 2.72. The molecule has 5 rings (SSSR count). The van der Waals surface area contributed by atoms with Gasteiger partial charge in [-0.3, -0.25) is 19.3 Å². The van der Waals surface area contributed by atoms with Gasteiger partial charge in [0.25, 0.3) is 5.91 Å². The minimum Gasteiger partial charge on any atom is -0.341 e. The van der Waals surface area contributed by atoms with Crippen molar-refractivity contribution in [3.8, 4) is 0 Å². The van der Waals surface area contributed by atoms with Crippen LogP contribution in [0.3, 0.4) is 0 Å². The van der Waals surface area contributed by atoms with Crippen molar-refractivity contribution in [2.45, 2.75) is 17.8 Å². The number of thiazole rings is 1. The molecule has 1 saturated heterocycles. The van der Waals surface area contributed by atoms with Crippen molar-refractivity contribution in [3.63, 3.8) is 0 Å². The van der Waals surface area contributed by atoms with Gasteiger partial charge < -0.3 is 5.32 Å². The van der Waals surface area contributed by atoms with E-state index in [4.69, 9.17) is 0 Å². The van der Waals surface area contributed by atoms with Crippen LogP contribution in [0.4, 0.5) is 0 Å². The lowest BCUT2D eigenvalue weighted by Crippen LogP contribution is -2.70. The fourth-order valence-electron chi connectivity index (χ4n) is 3.79. The molecule has 2 aliphatic rings. The highest BCUT2D eigenvalue weighted by molar-refractivity contribution is 8.00. The summed E-state index contributed by atoms with van der Waals surface area (Å²) in [4.78, 5) is 43.8. The lowest BCUT2D eigenvalue weighted by Gasteiger charge is -2.49. The fourth-order valence-corrected chi connectivity index (χ4v) is 6.48. The van der Waals surface area contributed by atoms with Crippen molar-refractivity contribution in [2.24, 2.45) is 0 Å². The molecule has 2 atom stereocenters. The van der Waals surface area contributed by atoms with Gasteiger partial charge in [-0.2, -0.15) is 0 Å². The van der Waals surface area contributed by atoms with Gasteiger partial charge in [0, 0.05) is 11.3 Å². The molecular weight excluding hydrogens is 450 g/mol. The second kappa shape index (κ2) is 8.14. The third kappa shape index (κ3) is 3.66. The number of nitrogens with zero attached hydrogens (tertiary/aromatic N) is 2. The third-order valence-electron chi connectivity index (χ3n) is 5.25. The maximum Gasteiger partial charge on any atom is 0.253 e. The average Bonchev–Trinajstić information content (AvgIpc) is 3.21. The molecule has 0 spiro atoms. The highest BCUT2D eigenvalue weighted by Crippen LogP contribution is 2.45. The number of fused-ring (bicyclic) bond motifs is 2. The van der Waals surface area contributed by atoms with Gasteiger partial charge in [-0.05, 0) is 17.7 Å². The van der Waals surface area contributed by atoms with Gasteiger partial charge in [0.1, 0.15) is 22.1 Å². The second-order valence-corrected chi connectivity index (χ2v) is 9.78. The van der Waals surface area contributed by atoms with E-state index in [2.05, 4.69) is 22.9 Å². The largest absolute Gasteiger partial charge is 0.341 e. The number of hydrogen-bond acceptors (Lipinski definition) is 6. The number of hydrogen-bond donors (Lipinski definition) is 2. The second-order valence-electron chi connectivity index (χ2n) is 7.24. The van der Waals surface area contributed by atoms with Gasteiger partial charge in [-0.1, -0.05) is 55.1 Å². The molecule has 156 valence electrons. The average molecular weight is 468 g/mol. The summed E-state index contributed by atoms with van der Waals surface area (Å²) >= 11 is 7.05. The first-order valence-electron chi connectivity index (χ1n) is 9.63. The van der Waals surface area contributed by atoms with Gasteiger partial charge in [0.15, 0.2) is 0 Å². The standard InChI is InChI=1S/C22H17N3O3S3/c26-16(10-12-6-2-1-3-7-12)24-17-20(27)25-18(22(28)29)13(11-30-21(17)25)19-23-14-8-4-5-9-15(14)31-19/h1-9,17,21H,10-11H2,(H,24,26)(H,28,29)/t17-,21-/m1/s1. The number of β-lactam (4-membered cyclic amide) rings is 1. The molecule has 0 saturated carbocycles. The molecule has 2 amide bonds. The monoisotopic (exact) mass is 467 g/mol. The first-order chi connectivity index (χ1) is 15.0. The number of para-hydroxylation sites is 1. The Morgan fingerprint density at radius 3 is 2.61 bits per heavy atom. The zero-order valence-electron chi connectivity index (χ0n) is 16.1. The molecular formula is C22H17N3O3S3. The van der Waals surface area contributed by atoms with Gasteiger partial charge >= 0.3 is 0 Å². The molecule has 0 aliphatic carbocycles. The van der Waals surface area contributed by atoms with Crippen molar-refractivity contribution in [3.05, 3.63) is 70.9 Å². The number of carbonyl (C=O) groups excluding carboxylic acids is 3. The van der Waals surface area contributed by atoms with E-state index in [-0.39, 0.29) is 29.3 Å². The number of rotatable bonds is 5. The van der Waals surface area contributed by atoms with E-state index < -0.39 is 11.2 Å². The number of carbonyl (C=O) groups is 3. The molecule has 1 fully saturated rings. The molecule has 2 aliphatic heterocycles. The minimum absolute atomic E-state index is 0.202. The van der Waals surface area contributed by atoms with Crippen molar-refractivity contribution in [1.82, 2.24) is 15.2 Å². The predicted octanol–water partition coefficient (Wildman–Crippen LogP) is 3.11. The maximum atomic E-state index is 12.9. The molecule has 0 unspecified atom stereocenters. The van der Waals surface area contributed by atoms with E-state index in [1.165, 1.54) is 28.0 Å². The Morgan fingerprint density at radius 2 is 1.87 bits per heavy atom. The van der Waals surface area contributed by atoms with Crippen molar-refractivity contribution >= 4 is 68.4 Å². The topological polar surface area (TPSA) is 79.4 Å². The van der Waals surface area contributed by atoms with Gasteiger partial charge in [-0.15, -0.1) is 23.1 Å². The van der Waals surface area contributed by atoms with E-state index in [1.807, 2.05) is 54.6 Å². The fraction of sp³-hybridized carbons (Fsp3) is 0.182. The summed E-state index contributed by atoms with van der Waals surface area (Å²) in [6.45, 7) is 0. The van der Waals surface area contributed by atoms with Crippen LogP contribution >= 0.6 is 35.7 Å². The lowest BCUT2D eigenvalue weighted by molar-refractivity contribution is -0.146. The molecule has 9 heteroatoms. The van der Waals surface area contributed by atoms with Crippen LogP contribution in [-0.4, -0.2) is 44.0 Å². The molecule has 31 heavy (non-hydrogen) atoms. The summed E-state index contributed by atoms with van der Waals surface area (Å²) in [6.07, 6.45) is 0.202. The van der Waals surface area contributed by atoms with Crippen LogP contribution in [0.25, 0.3) is 15.8 Å². The molecule has 3 heterocycles. The molecule has 2 aromatic carbocycles. The SMILES string of the molecule is O=C(Cc1ccccc1)N[C@@H]1C(=O)N2C(C(=O)S)=C(c3nc4ccccc4s3)CS[C@H]12. The number of aromatic nitrogens is 1. The van der Waals surface area contributed by atoms with E-state index in [0.717, 1.165) is 15.8 Å². The number of thiol groups is 1. The summed E-state index contributed by atoms with van der Waals surface area (Å²) in [7, 11) is 0. The quantitative estimate of drug-likeness (QED) is 0.445. The zero-order chi connectivity index (χ0) is 21.5. The predicted molar refractivity (Wildman–Crippen MR) is 126 cm³/mol. The van der Waals surface area contributed by atoms with Crippen molar-refractivity contribution in [2.75, 3.05) is 5.75 Å². The summed E-state index contributed by atoms with van der Waals surface area (Å²) in [5.74, 6) is 0.000137. The van der Waals surface area contributed by atoms with E-state index in [0.29, 0.717) is 16.3 Å². The molecule has 3 aromatic rings. The smallest absolute Gasteiger partial charge is 0.253 e. The summed E-state index contributed by atoms with van der Waals surface area (Å²) < 4.78 is 1.02. The van der Waals surface area contributed by atoms with Crippen LogP contribution in [0.15, 0.2) is 60.3 Å². The minimum atomic E-state index is -0.652. The van der Waals surface area contributed by atoms with Crippen molar-refractivity contribution < 1.29 is 14.4 Å². The van der Waals surface area contributed by atoms with E-state index in [1.54, 1.807) is 0 Å². The number of nitrogens with one attached hydrogen (secondary N) is 1. The van der Waals surface area contributed by atoms with Gasteiger partial charge in [-0.25, -0.2) is 4.98 Å². The van der Waals surface area contributed by atoms with Gasteiger partial charge in [0.05, 0.1) is 16.6 Å². The third-order valence-corrected chi connectivity index (χ3v) is 7.83.